The monoisotopic (exact) mass is 407 g/mol. The highest BCUT2D eigenvalue weighted by molar-refractivity contribution is 5.79. The van der Waals surface area contributed by atoms with Crippen molar-refractivity contribution in [2.75, 3.05) is 25.5 Å². The minimum Gasteiger partial charge on any atom is -0.496 e. The number of aryl methyl sites for hydroxylation is 1. The summed E-state index contributed by atoms with van der Waals surface area (Å²) in [6.07, 6.45) is 3.77. The largest absolute Gasteiger partial charge is 0.496 e. The van der Waals surface area contributed by atoms with Crippen LogP contribution in [0, 0.1) is 6.92 Å². The third-order valence-corrected chi connectivity index (χ3v) is 5.29. The van der Waals surface area contributed by atoms with Gasteiger partial charge in [-0.25, -0.2) is 4.98 Å². The zero-order valence-electron chi connectivity index (χ0n) is 17.2. The third-order valence-electron chi connectivity index (χ3n) is 5.29. The Bertz CT molecular complexity index is 1010. The van der Waals surface area contributed by atoms with Gasteiger partial charge in [0, 0.05) is 30.9 Å². The first kappa shape index (κ1) is 19.9. The molecule has 0 saturated carbocycles. The van der Waals surface area contributed by atoms with Gasteiger partial charge in [0.05, 0.1) is 19.1 Å². The number of amides is 1. The van der Waals surface area contributed by atoms with Crippen molar-refractivity contribution in [1.82, 2.24) is 20.0 Å². The number of nitrogens with zero attached hydrogens (tertiary/aromatic N) is 4. The van der Waals surface area contributed by atoms with E-state index in [-0.39, 0.29) is 11.9 Å². The number of para-hydroxylation sites is 1. The number of hydrogen-bond acceptors (Lipinski definition) is 7. The molecule has 156 valence electrons. The normalized spacial score (nSPS) is 14.5. The lowest BCUT2D eigenvalue weighted by Gasteiger charge is -2.33. The van der Waals surface area contributed by atoms with Gasteiger partial charge in [-0.2, -0.15) is 4.98 Å². The first-order valence-corrected chi connectivity index (χ1v) is 10.1. The van der Waals surface area contributed by atoms with Crippen LogP contribution in [0.15, 0.2) is 47.1 Å². The Hall–Kier alpha value is -3.42. The highest BCUT2D eigenvalue weighted by Crippen LogP contribution is 2.27. The molecule has 1 aliphatic rings. The molecule has 0 aliphatic carbocycles. The Morgan fingerprint density at radius 1 is 1.23 bits per heavy atom. The predicted molar refractivity (Wildman–Crippen MR) is 112 cm³/mol. The van der Waals surface area contributed by atoms with Crippen molar-refractivity contribution in [2.24, 2.45) is 0 Å². The molecule has 1 amide bonds. The molecule has 8 nitrogen and oxygen atoms in total. The van der Waals surface area contributed by atoms with Crippen molar-refractivity contribution in [1.29, 1.82) is 0 Å². The number of carbonyl (C=O) groups is 1. The van der Waals surface area contributed by atoms with Gasteiger partial charge in [-0.15, -0.1) is 0 Å². The van der Waals surface area contributed by atoms with Crippen LogP contribution in [0.3, 0.4) is 0 Å². The Morgan fingerprint density at radius 2 is 2.03 bits per heavy atom. The number of likely N-dealkylation sites (tertiary alicyclic amines) is 1. The van der Waals surface area contributed by atoms with Gasteiger partial charge in [0.2, 0.25) is 5.91 Å². The Kier molecular flexibility index (Phi) is 5.92. The van der Waals surface area contributed by atoms with Crippen LogP contribution in [0.1, 0.15) is 24.2 Å². The molecular weight excluding hydrogens is 382 g/mol. The third kappa shape index (κ3) is 4.42. The highest BCUT2D eigenvalue weighted by atomic mass is 16.5. The van der Waals surface area contributed by atoms with Crippen LogP contribution in [-0.4, -0.2) is 52.2 Å². The van der Waals surface area contributed by atoms with Crippen molar-refractivity contribution < 1.29 is 14.1 Å². The number of piperidine rings is 1. The number of carbonyl (C=O) groups excluding carboxylic acids is 1. The first-order valence-electron chi connectivity index (χ1n) is 10.1. The van der Waals surface area contributed by atoms with E-state index in [9.17, 15) is 4.79 Å². The van der Waals surface area contributed by atoms with E-state index in [1.54, 1.807) is 20.2 Å². The van der Waals surface area contributed by atoms with Crippen LogP contribution in [0.5, 0.6) is 5.75 Å². The van der Waals surface area contributed by atoms with Crippen LogP contribution >= 0.6 is 0 Å². The topological polar surface area (TPSA) is 93.4 Å². The minimum atomic E-state index is 0.123. The molecule has 3 heterocycles. The number of nitrogens with one attached hydrogen (secondary N) is 1. The fourth-order valence-electron chi connectivity index (χ4n) is 3.69. The van der Waals surface area contributed by atoms with Crippen LogP contribution < -0.4 is 10.1 Å². The SMILES string of the molecule is COc1ccccc1CC(=O)N1CCC(Nc2ncccc2-c2nc(C)no2)CC1. The summed E-state index contributed by atoms with van der Waals surface area (Å²) >= 11 is 0. The van der Waals surface area contributed by atoms with Gasteiger partial charge in [-0.3, -0.25) is 4.79 Å². The maximum atomic E-state index is 12.8. The maximum absolute atomic E-state index is 12.8. The molecule has 0 unspecified atom stereocenters. The van der Waals surface area contributed by atoms with Gasteiger partial charge in [0.1, 0.15) is 11.6 Å². The fourth-order valence-corrected chi connectivity index (χ4v) is 3.69. The maximum Gasteiger partial charge on any atom is 0.261 e. The molecular formula is C22H25N5O3. The van der Waals surface area contributed by atoms with Crippen molar-refractivity contribution in [3.05, 3.63) is 54.0 Å². The van der Waals surface area contributed by atoms with Crippen molar-refractivity contribution in [3.63, 3.8) is 0 Å². The number of pyridine rings is 1. The zero-order valence-corrected chi connectivity index (χ0v) is 17.2. The lowest BCUT2D eigenvalue weighted by atomic mass is 10.0. The van der Waals surface area contributed by atoms with Crippen molar-refractivity contribution >= 4 is 11.7 Å². The molecule has 4 rings (SSSR count). The van der Waals surface area contributed by atoms with Gasteiger partial charge in [0.15, 0.2) is 5.82 Å². The van der Waals surface area contributed by atoms with E-state index in [1.165, 1.54) is 0 Å². The van der Waals surface area contributed by atoms with Gasteiger partial charge in [-0.05, 0) is 38.0 Å². The minimum absolute atomic E-state index is 0.123. The number of anilines is 1. The second-order valence-electron chi connectivity index (χ2n) is 7.33. The number of aromatic nitrogens is 3. The van der Waals surface area contributed by atoms with E-state index < -0.39 is 0 Å². The van der Waals surface area contributed by atoms with E-state index in [0.717, 1.165) is 35.5 Å². The molecule has 0 radical (unpaired) electrons. The predicted octanol–water partition coefficient (Wildman–Crippen LogP) is 3.09. The van der Waals surface area contributed by atoms with Crippen molar-refractivity contribution in [2.45, 2.75) is 32.2 Å². The molecule has 30 heavy (non-hydrogen) atoms. The lowest BCUT2D eigenvalue weighted by Crippen LogP contribution is -2.43. The summed E-state index contributed by atoms with van der Waals surface area (Å²) in [5.41, 5.74) is 1.70. The van der Waals surface area contributed by atoms with E-state index in [2.05, 4.69) is 20.4 Å². The number of hydrogen-bond donors (Lipinski definition) is 1. The second-order valence-corrected chi connectivity index (χ2v) is 7.33. The van der Waals surface area contributed by atoms with Gasteiger partial charge in [-0.1, -0.05) is 23.4 Å². The molecule has 3 aromatic rings. The molecule has 0 bridgehead atoms. The molecule has 2 aromatic heterocycles. The summed E-state index contributed by atoms with van der Waals surface area (Å²) in [4.78, 5) is 23.4. The summed E-state index contributed by atoms with van der Waals surface area (Å²) in [6.45, 7) is 3.19. The molecule has 1 aliphatic heterocycles. The molecule has 0 atom stereocenters. The van der Waals surface area contributed by atoms with Gasteiger partial charge < -0.3 is 19.5 Å². The quantitative estimate of drug-likeness (QED) is 0.671. The fraction of sp³-hybridized carbons (Fsp3) is 0.364. The average molecular weight is 407 g/mol. The summed E-state index contributed by atoms with van der Waals surface area (Å²) in [6, 6.07) is 11.6. The second kappa shape index (κ2) is 8.94. The van der Waals surface area contributed by atoms with Gasteiger partial charge in [0.25, 0.3) is 5.89 Å². The number of benzene rings is 1. The molecule has 1 saturated heterocycles. The summed E-state index contributed by atoms with van der Waals surface area (Å²) in [5.74, 6) is 2.63. The Morgan fingerprint density at radius 3 is 2.77 bits per heavy atom. The summed E-state index contributed by atoms with van der Waals surface area (Å²) < 4.78 is 10.7. The zero-order chi connectivity index (χ0) is 20.9. The number of methoxy groups -OCH3 is 1. The molecule has 8 heteroatoms. The summed E-state index contributed by atoms with van der Waals surface area (Å²) in [7, 11) is 1.63. The van der Waals surface area contributed by atoms with Crippen LogP contribution in [0.4, 0.5) is 5.82 Å². The molecule has 1 N–H and O–H groups in total. The van der Waals surface area contributed by atoms with E-state index in [1.807, 2.05) is 41.3 Å². The number of rotatable bonds is 6. The smallest absolute Gasteiger partial charge is 0.261 e. The van der Waals surface area contributed by atoms with Crippen molar-refractivity contribution in [3.8, 4) is 17.2 Å². The Balaban J connectivity index is 1.36. The van der Waals surface area contributed by atoms with Crippen LogP contribution in [0.25, 0.3) is 11.5 Å². The van der Waals surface area contributed by atoms with Crippen LogP contribution in [-0.2, 0) is 11.2 Å². The van der Waals surface area contributed by atoms with E-state index >= 15 is 0 Å². The first-order chi connectivity index (χ1) is 14.6. The average Bonchev–Trinajstić information content (AvgIpc) is 3.21. The van der Waals surface area contributed by atoms with Gasteiger partial charge >= 0.3 is 0 Å². The number of ether oxygens (including phenoxy) is 1. The Labute approximate surface area is 175 Å². The molecule has 1 fully saturated rings. The molecule has 1 aromatic carbocycles. The summed E-state index contributed by atoms with van der Waals surface area (Å²) in [5, 5.41) is 7.35. The van der Waals surface area contributed by atoms with Crippen LogP contribution in [0.2, 0.25) is 0 Å². The highest BCUT2D eigenvalue weighted by Gasteiger charge is 2.25. The standard InChI is InChI=1S/C22H25N5O3/c1-15-24-22(30-26-15)18-7-5-11-23-21(18)25-17-9-12-27(13-10-17)20(28)14-16-6-3-4-8-19(16)29-2/h3-8,11,17H,9-10,12-14H2,1-2H3,(H,23,25). The molecule has 0 spiro atoms. The van der Waals surface area contributed by atoms with E-state index in [0.29, 0.717) is 31.2 Å². The van der Waals surface area contributed by atoms with E-state index in [4.69, 9.17) is 9.26 Å². The lowest BCUT2D eigenvalue weighted by molar-refractivity contribution is -0.131.